The molecule has 0 spiro atoms. The number of carboxylic acids is 1. The summed E-state index contributed by atoms with van der Waals surface area (Å²) < 4.78 is 5.54. The molecule has 34 heavy (non-hydrogen) atoms. The van der Waals surface area contributed by atoms with Crippen LogP contribution >= 0.6 is 11.8 Å². The maximum absolute atomic E-state index is 12.5. The fourth-order valence-corrected chi connectivity index (χ4v) is 4.66. The van der Waals surface area contributed by atoms with E-state index >= 15 is 0 Å². The fraction of sp³-hybridized carbons (Fsp3) is 0.423. The molecule has 0 aromatic heterocycles. The maximum atomic E-state index is 12.5. The average molecular weight is 485 g/mol. The highest BCUT2D eigenvalue weighted by atomic mass is 32.2. The number of ether oxygens (including phenoxy) is 1. The van der Waals surface area contributed by atoms with Crippen LogP contribution in [-0.2, 0) is 14.3 Å². The molecule has 1 unspecified atom stereocenters. The number of benzene rings is 2. The number of rotatable bonds is 12. The van der Waals surface area contributed by atoms with Gasteiger partial charge in [0.15, 0.2) is 0 Å². The Labute approximate surface area is 204 Å². The normalized spacial score (nSPS) is 13.0. The Bertz CT molecular complexity index is 967. The van der Waals surface area contributed by atoms with Crippen LogP contribution in [0.15, 0.2) is 48.5 Å². The van der Waals surface area contributed by atoms with E-state index in [0.29, 0.717) is 25.3 Å². The van der Waals surface area contributed by atoms with Crippen LogP contribution in [0.2, 0.25) is 0 Å². The fourth-order valence-electron chi connectivity index (χ4n) is 4.26. The summed E-state index contributed by atoms with van der Waals surface area (Å²) in [5.41, 5.74) is 4.69. The molecular weight excluding hydrogens is 452 g/mol. The Morgan fingerprint density at radius 1 is 1.09 bits per heavy atom. The Morgan fingerprint density at radius 3 is 2.29 bits per heavy atom. The van der Waals surface area contributed by atoms with Gasteiger partial charge in [0, 0.05) is 31.2 Å². The van der Waals surface area contributed by atoms with Gasteiger partial charge >= 0.3 is 12.1 Å². The predicted molar refractivity (Wildman–Crippen MR) is 134 cm³/mol. The predicted octanol–water partition coefficient (Wildman–Crippen LogP) is 4.22. The van der Waals surface area contributed by atoms with E-state index in [2.05, 4.69) is 29.6 Å². The van der Waals surface area contributed by atoms with Crippen LogP contribution in [0.1, 0.15) is 36.8 Å². The first-order valence-corrected chi connectivity index (χ1v) is 12.9. The van der Waals surface area contributed by atoms with Gasteiger partial charge in [-0.15, -0.1) is 0 Å². The number of fused-ring (bicyclic) bond motifs is 3. The van der Waals surface area contributed by atoms with Crippen LogP contribution in [0.5, 0.6) is 0 Å². The molecule has 1 atom stereocenters. The zero-order valence-corrected chi connectivity index (χ0v) is 20.5. The monoisotopic (exact) mass is 484 g/mol. The third-order valence-corrected chi connectivity index (χ3v) is 6.61. The number of hydrogen-bond donors (Lipinski definition) is 2. The number of nitrogens with one attached hydrogen (secondary N) is 1. The number of amides is 2. The first-order chi connectivity index (χ1) is 16.4. The molecule has 0 aliphatic heterocycles. The number of carbonyl (C=O) groups is 3. The zero-order chi connectivity index (χ0) is 24.5. The highest BCUT2D eigenvalue weighted by Gasteiger charge is 2.29. The lowest BCUT2D eigenvalue weighted by Crippen LogP contribution is -2.38. The van der Waals surface area contributed by atoms with Crippen molar-refractivity contribution in [3.63, 3.8) is 0 Å². The molecule has 2 amide bonds. The molecule has 1 aliphatic rings. The molecule has 2 N–H and O–H groups in total. The second kappa shape index (κ2) is 12.5. The Hall–Kier alpha value is -3.00. The van der Waals surface area contributed by atoms with Crippen LogP contribution in [0.3, 0.4) is 0 Å². The molecule has 0 saturated heterocycles. The lowest BCUT2D eigenvalue weighted by atomic mass is 9.98. The van der Waals surface area contributed by atoms with Gasteiger partial charge in [0.2, 0.25) is 5.91 Å². The van der Waals surface area contributed by atoms with Crippen LogP contribution in [0.4, 0.5) is 4.79 Å². The van der Waals surface area contributed by atoms with Crippen LogP contribution in [-0.4, -0.2) is 66.2 Å². The molecule has 0 bridgehead atoms. The van der Waals surface area contributed by atoms with Gasteiger partial charge in [-0.25, -0.2) is 4.79 Å². The summed E-state index contributed by atoms with van der Waals surface area (Å²) in [4.78, 5) is 37.2. The molecule has 3 rings (SSSR count). The van der Waals surface area contributed by atoms with Crippen molar-refractivity contribution >= 4 is 29.7 Å². The van der Waals surface area contributed by atoms with Gasteiger partial charge in [0.25, 0.3) is 0 Å². The molecule has 0 radical (unpaired) electrons. The largest absolute Gasteiger partial charge is 0.480 e. The molecular formula is C26H32N2O5S. The van der Waals surface area contributed by atoms with E-state index in [1.807, 2.05) is 37.4 Å². The number of carbonyl (C=O) groups excluding carboxylic acids is 2. The van der Waals surface area contributed by atoms with Crippen molar-refractivity contribution in [2.24, 2.45) is 5.92 Å². The Balaban J connectivity index is 1.43. The van der Waals surface area contributed by atoms with E-state index in [9.17, 15) is 14.4 Å². The summed E-state index contributed by atoms with van der Waals surface area (Å²) in [6.07, 6.45) is 2.28. The van der Waals surface area contributed by atoms with Gasteiger partial charge in [-0.2, -0.15) is 11.8 Å². The second-order valence-electron chi connectivity index (χ2n) is 8.55. The lowest BCUT2D eigenvalue weighted by Gasteiger charge is -2.22. The van der Waals surface area contributed by atoms with Gasteiger partial charge in [-0.3, -0.25) is 9.59 Å². The van der Waals surface area contributed by atoms with Crippen molar-refractivity contribution in [1.82, 2.24) is 10.2 Å². The number of aliphatic carboxylic acids is 1. The van der Waals surface area contributed by atoms with Gasteiger partial charge in [-0.05, 0) is 40.8 Å². The minimum absolute atomic E-state index is 0.00644. The number of thioether (sulfide) groups is 1. The standard InChI is InChI=1S/C26H32N2O5S/c1-18(15-24(29)28(13-14-34-2)16-25(30)31)11-12-27-26(32)33-17-23-21-9-5-3-7-19(21)20-8-4-6-10-22(20)23/h3-10,18,23H,11-17H2,1-2H3,(H,27,32)(H,30,31). The van der Waals surface area contributed by atoms with Crippen molar-refractivity contribution < 1.29 is 24.2 Å². The number of carboxylic acid groups (broad SMARTS) is 1. The summed E-state index contributed by atoms with van der Waals surface area (Å²) in [5.74, 6) is -0.483. The van der Waals surface area contributed by atoms with E-state index in [4.69, 9.17) is 9.84 Å². The molecule has 182 valence electrons. The lowest BCUT2D eigenvalue weighted by molar-refractivity contribution is -0.144. The highest BCUT2D eigenvalue weighted by Crippen LogP contribution is 2.44. The zero-order valence-electron chi connectivity index (χ0n) is 19.7. The van der Waals surface area contributed by atoms with Crippen LogP contribution < -0.4 is 5.32 Å². The topological polar surface area (TPSA) is 95.9 Å². The van der Waals surface area contributed by atoms with Gasteiger partial charge < -0.3 is 20.1 Å². The van der Waals surface area contributed by atoms with Gasteiger partial charge in [0.1, 0.15) is 13.2 Å². The van der Waals surface area contributed by atoms with Crippen molar-refractivity contribution in [3.05, 3.63) is 59.7 Å². The summed E-state index contributed by atoms with van der Waals surface area (Å²) in [5, 5.41) is 11.8. The second-order valence-corrected chi connectivity index (χ2v) is 9.54. The van der Waals surface area contributed by atoms with Crippen LogP contribution in [0, 0.1) is 5.92 Å². The maximum Gasteiger partial charge on any atom is 0.407 e. The van der Waals surface area contributed by atoms with E-state index in [-0.39, 0.29) is 37.3 Å². The van der Waals surface area contributed by atoms with E-state index in [1.165, 1.54) is 16.0 Å². The molecule has 2 aromatic carbocycles. The van der Waals surface area contributed by atoms with E-state index < -0.39 is 12.1 Å². The summed E-state index contributed by atoms with van der Waals surface area (Å²) in [7, 11) is 0. The van der Waals surface area contributed by atoms with Crippen molar-refractivity contribution in [2.45, 2.75) is 25.7 Å². The number of hydrogen-bond acceptors (Lipinski definition) is 5. The van der Waals surface area contributed by atoms with E-state index in [1.54, 1.807) is 11.8 Å². The minimum atomic E-state index is -1.01. The first-order valence-electron chi connectivity index (χ1n) is 11.5. The molecule has 7 nitrogen and oxygen atoms in total. The van der Waals surface area contributed by atoms with Crippen molar-refractivity contribution in [2.75, 3.05) is 38.2 Å². The van der Waals surface area contributed by atoms with E-state index in [0.717, 1.165) is 11.1 Å². The Morgan fingerprint density at radius 2 is 1.71 bits per heavy atom. The van der Waals surface area contributed by atoms with Crippen LogP contribution in [0.25, 0.3) is 11.1 Å². The third-order valence-electron chi connectivity index (χ3n) is 6.02. The molecule has 0 saturated carbocycles. The van der Waals surface area contributed by atoms with Crippen molar-refractivity contribution in [3.8, 4) is 11.1 Å². The average Bonchev–Trinajstić information content (AvgIpc) is 3.14. The molecule has 1 aliphatic carbocycles. The summed E-state index contributed by atoms with van der Waals surface area (Å²) in [6.45, 7) is 2.69. The van der Waals surface area contributed by atoms with Gasteiger partial charge in [-0.1, -0.05) is 55.5 Å². The minimum Gasteiger partial charge on any atom is -0.480 e. The first kappa shape index (κ1) is 25.6. The third kappa shape index (κ3) is 6.76. The van der Waals surface area contributed by atoms with Crippen molar-refractivity contribution in [1.29, 1.82) is 0 Å². The number of nitrogens with zero attached hydrogens (tertiary/aromatic N) is 1. The summed E-state index contributed by atoms with van der Waals surface area (Å²) in [6, 6.07) is 16.4. The molecule has 0 fully saturated rings. The van der Waals surface area contributed by atoms with Gasteiger partial charge in [0.05, 0.1) is 0 Å². The highest BCUT2D eigenvalue weighted by molar-refractivity contribution is 7.98. The molecule has 8 heteroatoms. The smallest absolute Gasteiger partial charge is 0.407 e. The quantitative estimate of drug-likeness (QED) is 0.468. The SMILES string of the molecule is CSCCN(CC(=O)O)C(=O)CC(C)CCNC(=O)OCC1c2ccccc2-c2ccccc21. The Kier molecular flexibility index (Phi) is 9.39. The summed E-state index contributed by atoms with van der Waals surface area (Å²) >= 11 is 1.57. The number of alkyl carbamates (subject to hydrolysis) is 1. The molecule has 2 aromatic rings. The molecule has 0 heterocycles.